The van der Waals surface area contributed by atoms with Crippen molar-refractivity contribution in [2.45, 2.75) is 52.6 Å². The highest BCUT2D eigenvalue weighted by molar-refractivity contribution is 7.10. The summed E-state index contributed by atoms with van der Waals surface area (Å²) in [5, 5.41) is 9.61. The quantitative estimate of drug-likeness (QED) is 0.474. The van der Waals surface area contributed by atoms with Crippen LogP contribution in [0.4, 0.5) is 5.82 Å². The van der Waals surface area contributed by atoms with E-state index < -0.39 is 0 Å². The summed E-state index contributed by atoms with van der Waals surface area (Å²) in [5.41, 5.74) is 3.86. The summed E-state index contributed by atoms with van der Waals surface area (Å²) in [6.45, 7) is 10.1. The van der Waals surface area contributed by atoms with E-state index >= 15 is 0 Å². The molecule has 4 aromatic heterocycles. The Morgan fingerprint density at radius 1 is 1.24 bits per heavy atom. The molecule has 0 aromatic carbocycles. The van der Waals surface area contributed by atoms with Gasteiger partial charge < -0.3 is 10.2 Å². The number of aromatic nitrogens is 4. The fourth-order valence-electron chi connectivity index (χ4n) is 4.25. The van der Waals surface area contributed by atoms with E-state index in [1.54, 1.807) is 6.20 Å². The number of fused-ring (bicyclic) bond motifs is 2. The normalized spacial score (nSPS) is 13.8. The van der Waals surface area contributed by atoms with Gasteiger partial charge in [-0.3, -0.25) is 14.0 Å². The molecule has 0 aliphatic carbocycles. The Hall–Kier alpha value is -3.46. The van der Waals surface area contributed by atoms with E-state index in [-0.39, 0.29) is 17.2 Å². The van der Waals surface area contributed by atoms with E-state index in [9.17, 15) is 9.59 Å². The maximum atomic E-state index is 13.2. The maximum absolute atomic E-state index is 13.2. The van der Waals surface area contributed by atoms with Gasteiger partial charge in [0, 0.05) is 41.0 Å². The number of aryl methyl sites for hydroxylation is 1. The van der Waals surface area contributed by atoms with Crippen LogP contribution in [0.2, 0.25) is 0 Å². The van der Waals surface area contributed by atoms with Crippen LogP contribution in [0.15, 0.2) is 42.0 Å². The van der Waals surface area contributed by atoms with Gasteiger partial charge in [0.05, 0.1) is 24.0 Å². The van der Waals surface area contributed by atoms with Crippen molar-refractivity contribution in [1.82, 2.24) is 24.1 Å². The summed E-state index contributed by atoms with van der Waals surface area (Å²) in [6.07, 6.45) is 4.12. The molecule has 0 saturated heterocycles. The second-order valence-electron chi connectivity index (χ2n) is 9.53. The molecule has 0 atom stereocenters. The minimum atomic E-state index is -0.130. The lowest BCUT2D eigenvalue weighted by atomic mass is 9.92. The lowest BCUT2D eigenvalue weighted by Crippen LogP contribution is -2.36. The van der Waals surface area contributed by atoms with Crippen LogP contribution in [0.25, 0.3) is 5.65 Å². The van der Waals surface area contributed by atoms with Gasteiger partial charge in [-0.15, -0.1) is 11.3 Å². The molecule has 176 valence electrons. The highest BCUT2D eigenvalue weighted by Crippen LogP contribution is 2.31. The van der Waals surface area contributed by atoms with E-state index in [0.717, 1.165) is 21.8 Å². The number of hydrogen-bond acceptors (Lipinski definition) is 5. The molecule has 5 heterocycles. The van der Waals surface area contributed by atoms with Crippen LogP contribution < -0.4 is 5.32 Å². The van der Waals surface area contributed by atoms with Gasteiger partial charge in [0.15, 0.2) is 0 Å². The second-order valence-corrected chi connectivity index (χ2v) is 10.5. The van der Waals surface area contributed by atoms with E-state index in [4.69, 9.17) is 0 Å². The van der Waals surface area contributed by atoms with Gasteiger partial charge >= 0.3 is 0 Å². The number of thiophene rings is 1. The number of carbonyl (C=O) groups excluding carboxylic acids is 2. The second kappa shape index (κ2) is 8.39. The lowest BCUT2D eigenvalue weighted by molar-refractivity contribution is 0.0730. The summed E-state index contributed by atoms with van der Waals surface area (Å²) >= 11 is 1.53. The van der Waals surface area contributed by atoms with Gasteiger partial charge in [0.2, 0.25) is 0 Å². The summed E-state index contributed by atoms with van der Waals surface area (Å²) in [7, 11) is 0. The summed E-state index contributed by atoms with van der Waals surface area (Å²) < 4.78 is 3.64. The van der Waals surface area contributed by atoms with Crippen molar-refractivity contribution in [2.24, 2.45) is 0 Å². The molecular formula is C25H28N6O2S. The van der Waals surface area contributed by atoms with Crippen LogP contribution in [0.5, 0.6) is 0 Å². The van der Waals surface area contributed by atoms with Crippen LogP contribution in [0, 0.1) is 0 Å². The van der Waals surface area contributed by atoms with Crippen molar-refractivity contribution in [3.63, 3.8) is 0 Å². The molecule has 9 heteroatoms. The summed E-state index contributed by atoms with van der Waals surface area (Å²) in [6, 6.07) is 7.62. The molecule has 1 N–H and O–H groups in total. The molecule has 34 heavy (non-hydrogen) atoms. The van der Waals surface area contributed by atoms with Crippen LogP contribution in [-0.4, -0.2) is 42.4 Å². The average Bonchev–Trinajstić information content (AvgIpc) is 3.54. The largest absolute Gasteiger partial charge is 0.332 e. The number of anilines is 1. The van der Waals surface area contributed by atoms with E-state index in [0.29, 0.717) is 43.1 Å². The molecule has 0 fully saturated rings. The number of nitrogens with one attached hydrogen (secondary N) is 1. The Balaban J connectivity index is 1.34. The third-order valence-corrected chi connectivity index (χ3v) is 7.22. The van der Waals surface area contributed by atoms with Gasteiger partial charge in [-0.1, -0.05) is 26.8 Å². The van der Waals surface area contributed by atoms with Crippen LogP contribution in [0.3, 0.4) is 0 Å². The van der Waals surface area contributed by atoms with Crippen molar-refractivity contribution < 1.29 is 9.59 Å². The number of hydrogen-bond donors (Lipinski definition) is 1. The Morgan fingerprint density at radius 2 is 2.06 bits per heavy atom. The topological polar surface area (TPSA) is 84.5 Å². The van der Waals surface area contributed by atoms with Gasteiger partial charge in [-0.05, 0) is 31.0 Å². The number of imidazole rings is 1. The van der Waals surface area contributed by atoms with E-state index in [1.165, 1.54) is 11.3 Å². The van der Waals surface area contributed by atoms with Gasteiger partial charge in [-0.25, -0.2) is 9.67 Å². The third-order valence-electron chi connectivity index (χ3n) is 6.20. The number of amides is 2. The minimum absolute atomic E-state index is 0.0506. The molecule has 0 radical (unpaired) electrons. The number of nitrogens with zero attached hydrogens (tertiary/aromatic N) is 5. The minimum Gasteiger partial charge on any atom is -0.332 e. The zero-order valence-corrected chi connectivity index (χ0v) is 20.6. The van der Waals surface area contributed by atoms with E-state index in [2.05, 4.69) is 36.2 Å². The Kier molecular flexibility index (Phi) is 5.51. The number of pyridine rings is 1. The monoisotopic (exact) mass is 476 g/mol. The molecule has 4 aromatic rings. The summed E-state index contributed by atoms with van der Waals surface area (Å²) in [4.78, 5) is 33.6. The smallest absolute Gasteiger partial charge is 0.272 e. The maximum Gasteiger partial charge on any atom is 0.272 e. The molecule has 0 unspecified atom stereocenters. The van der Waals surface area contributed by atoms with Crippen molar-refractivity contribution in [1.29, 1.82) is 0 Å². The molecular weight excluding hydrogens is 448 g/mol. The Morgan fingerprint density at radius 3 is 2.82 bits per heavy atom. The lowest BCUT2D eigenvalue weighted by Gasteiger charge is -2.27. The van der Waals surface area contributed by atoms with Crippen molar-refractivity contribution in [3.05, 3.63) is 69.4 Å². The predicted octanol–water partition coefficient (Wildman–Crippen LogP) is 4.36. The predicted molar refractivity (Wildman–Crippen MR) is 133 cm³/mol. The fraction of sp³-hybridized carbons (Fsp3) is 0.360. The molecule has 0 spiro atoms. The Bertz CT molecular complexity index is 1390. The van der Waals surface area contributed by atoms with E-state index in [1.807, 2.05) is 56.7 Å². The number of carbonyl (C=O) groups is 2. The van der Waals surface area contributed by atoms with Crippen LogP contribution in [-0.2, 0) is 24.9 Å². The highest BCUT2D eigenvalue weighted by atomic mass is 32.1. The molecule has 8 nitrogen and oxygen atoms in total. The van der Waals surface area contributed by atoms with Crippen LogP contribution in [0.1, 0.15) is 64.7 Å². The first-order valence-corrected chi connectivity index (χ1v) is 12.3. The summed E-state index contributed by atoms with van der Waals surface area (Å²) in [5.74, 6) is 0.525. The van der Waals surface area contributed by atoms with Crippen molar-refractivity contribution in [2.75, 3.05) is 11.9 Å². The molecule has 0 saturated carbocycles. The van der Waals surface area contributed by atoms with Crippen molar-refractivity contribution in [3.8, 4) is 0 Å². The van der Waals surface area contributed by atoms with Gasteiger partial charge in [-0.2, -0.15) is 5.10 Å². The average molecular weight is 477 g/mol. The molecule has 1 aliphatic heterocycles. The zero-order valence-electron chi connectivity index (χ0n) is 19.8. The SMILES string of the molecule is CCn1nc(C(C)(C)C)cc1NC(=O)c1csc2c1CCN(C(=O)c1cnc3ccccn13)C2. The highest BCUT2D eigenvalue weighted by Gasteiger charge is 2.29. The van der Waals surface area contributed by atoms with Crippen molar-refractivity contribution >= 4 is 34.6 Å². The third kappa shape index (κ3) is 3.90. The zero-order chi connectivity index (χ0) is 24.0. The Labute approximate surface area is 202 Å². The first-order chi connectivity index (χ1) is 16.3. The first kappa shape index (κ1) is 22.3. The first-order valence-electron chi connectivity index (χ1n) is 11.5. The fourth-order valence-corrected chi connectivity index (χ4v) is 5.35. The van der Waals surface area contributed by atoms with Gasteiger partial charge in [0.1, 0.15) is 17.2 Å². The van der Waals surface area contributed by atoms with Gasteiger partial charge in [0.25, 0.3) is 11.8 Å². The molecule has 0 bridgehead atoms. The molecule has 5 rings (SSSR count). The molecule has 1 aliphatic rings. The van der Waals surface area contributed by atoms with Crippen LogP contribution >= 0.6 is 11.3 Å². The standard InChI is InChI=1S/C25H28N6O2S/c1-5-31-22(12-20(28-31)25(2,3)4)27-23(32)17-15-34-19-14-29(11-9-16(17)19)24(33)18-13-26-21-8-6-7-10-30(18)21/h6-8,10,12-13,15H,5,9,11,14H2,1-4H3,(H,27,32). The number of rotatable bonds is 4. The molecule has 2 amide bonds.